The lowest BCUT2D eigenvalue weighted by atomic mass is 9.96. The molecule has 0 aliphatic carbocycles. The molecule has 2 aromatic rings. The quantitative estimate of drug-likeness (QED) is 0.857. The van der Waals surface area contributed by atoms with Gasteiger partial charge in [0, 0.05) is 10.5 Å². The molecule has 4 heteroatoms. The molecule has 0 fully saturated rings. The Kier molecular flexibility index (Phi) is 5.88. The maximum absolute atomic E-state index is 4.36. The van der Waals surface area contributed by atoms with Crippen LogP contribution in [0.25, 0.3) is 0 Å². The largest absolute Gasteiger partial charge is 0.310 e. The van der Waals surface area contributed by atoms with Crippen LogP contribution in [0.15, 0.2) is 34.8 Å². The van der Waals surface area contributed by atoms with Gasteiger partial charge in [0.2, 0.25) is 0 Å². The zero-order valence-electron chi connectivity index (χ0n) is 12.9. The molecule has 1 heterocycles. The van der Waals surface area contributed by atoms with E-state index in [1.54, 1.807) is 0 Å². The van der Waals surface area contributed by atoms with Gasteiger partial charge in [0.05, 0.1) is 11.4 Å². The predicted molar refractivity (Wildman–Crippen MR) is 90.4 cm³/mol. The summed E-state index contributed by atoms with van der Waals surface area (Å²) in [5.74, 6) is 0. The number of aryl methyl sites for hydroxylation is 2. The molecule has 0 amide bonds. The van der Waals surface area contributed by atoms with Crippen molar-refractivity contribution in [2.45, 2.75) is 39.7 Å². The summed E-state index contributed by atoms with van der Waals surface area (Å²) >= 11 is 3.64. The van der Waals surface area contributed by atoms with Crippen LogP contribution in [-0.4, -0.2) is 16.7 Å². The number of halogens is 1. The normalized spacial score (nSPS) is 12.4. The van der Waals surface area contributed by atoms with Gasteiger partial charge in [0.1, 0.15) is 0 Å². The van der Waals surface area contributed by atoms with Gasteiger partial charge in [-0.05, 0) is 49.6 Å². The first kappa shape index (κ1) is 16.1. The molecule has 1 aromatic heterocycles. The summed E-state index contributed by atoms with van der Waals surface area (Å²) in [6.45, 7) is 7.20. The molecule has 0 radical (unpaired) electrons. The second-order valence-electron chi connectivity index (χ2n) is 5.15. The van der Waals surface area contributed by atoms with Crippen LogP contribution >= 0.6 is 15.9 Å². The van der Waals surface area contributed by atoms with Gasteiger partial charge in [-0.1, -0.05) is 48.0 Å². The Bertz CT molecular complexity index is 598. The highest BCUT2D eigenvalue weighted by atomic mass is 79.9. The van der Waals surface area contributed by atoms with Gasteiger partial charge >= 0.3 is 0 Å². The van der Waals surface area contributed by atoms with Gasteiger partial charge in [-0.2, -0.15) is 10.2 Å². The molecule has 3 nitrogen and oxygen atoms in total. The number of benzene rings is 1. The average molecular weight is 348 g/mol. The van der Waals surface area contributed by atoms with Crippen molar-refractivity contribution < 1.29 is 0 Å². The van der Waals surface area contributed by atoms with Crippen LogP contribution < -0.4 is 5.32 Å². The van der Waals surface area contributed by atoms with Crippen LogP contribution in [0.2, 0.25) is 0 Å². The van der Waals surface area contributed by atoms with Gasteiger partial charge in [-0.15, -0.1) is 0 Å². The lowest BCUT2D eigenvalue weighted by Crippen LogP contribution is -2.25. The monoisotopic (exact) mass is 347 g/mol. The lowest BCUT2D eigenvalue weighted by Gasteiger charge is -2.21. The van der Waals surface area contributed by atoms with Crippen molar-refractivity contribution in [3.05, 3.63) is 57.3 Å². The average Bonchev–Trinajstić information content (AvgIpc) is 2.49. The van der Waals surface area contributed by atoms with E-state index in [1.165, 1.54) is 11.1 Å². The highest BCUT2D eigenvalue weighted by Crippen LogP contribution is 2.25. The molecular weight excluding hydrogens is 326 g/mol. The van der Waals surface area contributed by atoms with E-state index in [-0.39, 0.29) is 6.04 Å². The lowest BCUT2D eigenvalue weighted by molar-refractivity contribution is 0.539. The standard InChI is InChI=1S/C17H22BrN3/c1-4-16-14(10-12(3)20-21-16)17(19-5-2)11-13-8-6-7-9-15(13)18/h6-10,17,19H,4-5,11H2,1-3H3. The smallest absolute Gasteiger partial charge is 0.0676 e. The van der Waals surface area contributed by atoms with Crippen LogP contribution in [0.4, 0.5) is 0 Å². The fourth-order valence-corrected chi connectivity index (χ4v) is 2.98. The molecule has 0 saturated heterocycles. The molecule has 0 spiro atoms. The molecule has 1 N–H and O–H groups in total. The minimum atomic E-state index is 0.262. The highest BCUT2D eigenvalue weighted by Gasteiger charge is 2.17. The molecular formula is C17H22BrN3. The van der Waals surface area contributed by atoms with E-state index in [4.69, 9.17) is 0 Å². The summed E-state index contributed by atoms with van der Waals surface area (Å²) in [6.07, 6.45) is 1.84. The number of hydrogen-bond acceptors (Lipinski definition) is 3. The van der Waals surface area contributed by atoms with E-state index in [2.05, 4.69) is 69.6 Å². The molecule has 1 unspecified atom stereocenters. The van der Waals surface area contributed by atoms with E-state index in [1.807, 2.05) is 13.0 Å². The molecule has 0 saturated carbocycles. The van der Waals surface area contributed by atoms with Crippen LogP contribution in [0.5, 0.6) is 0 Å². The number of aromatic nitrogens is 2. The van der Waals surface area contributed by atoms with Crippen LogP contribution in [-0.2, 0) is 12.8 Å². The van der Waals surface area contributed by atoms with Gasteiger partial charge < -0.3 is 5.32 Å². The Morgan fingerprint density at radius 2 is 1.95 bits per heavy atom. The Morgan fingerprint density at radius 1 is 1.19 bits per heavy atom. The number of hydrogen-bond donors (Lipinski definition) is 1. The van der Waals surface area contributed by atoms with E-state index in [0.717, 1.165) is 35.2 Å². The molecule has 112 valence electrons. The summed E-state index contributed by atoms with van der Waals surface area (Å²) in [5.41, 5.74) is 4.62. The van der Waals surface area contributed by atoms with Crippen molar-refractivity contribution in [3.63, 3.8) is 0 Å². The van der Waals surface area contributed by atoms with E-state index in [9.17, 15) is 0 Å². The Balaban J connectivity index is 2.35. The second-order valence-corrected chi connectivity index (χ2v) is 6.00. The van der Waals surface area contributed by atoms with Crippen molar-refractivity contribution in [1.82, 2.24) is 15.5 Å². The van der Waals surface area contributed by atoms with Crippen molar-refractivity contribution >= 4 is 15.9 Å². The highest BCUT2D eigenvalue weighted by molar-refractivity contribution is 9.10. The summed E-state index contributed by atoms with van der Waals surface area (Å²) in [4.78, 5) is 0. The minimum Gasteiger partial charge on any atom is -0.310 e. The zero-order valence-corrected chi connectivity index (χ0v) is 14.4. The summed E-state index contributed by atoms with van der Waals surface area (Å²) in [7, 11) is 0. The molecule has 0 aliphatic heterocycles. The maximum Gasteiger partial charge on any atom is 0.0676 e. The predicted octanol–water partition coefficient (Wildman–Crippen LogP) is 4.00. The maximum atomic E-state index is 4.36. The Morgan fingerprint density at radius 3 is 2.62 bits per heavy atom. The summed E-state index contributed by atoms with van der Waals surface area (Å²) < 4.78 is 1.16. The summed E-state index contributed by atoms with van der Waals surface area (Å²) in [6, 6.07) is 10.8. The minimum absolute atomic E-state index is 0.262. The molecule has 1 aromatic carbocycles. The topological polar surface area (TPSA) is 37.8 Å². The van der Waals surface area contributed by atoms with Crippen molar-refractivity contribution in [2.24, 2.45) is 0 Å². The van der Waals surface area contributed by atoms with Gasteiger partial charge in [-0.25, -0.2) is 0 Å². The fraction of sp³-hybridized carbons (Fsp3) is 0.412. The third-order valence-corrected chi connectivity index (χ3v) is 4.34. The fourth-order valence-electron chi connectivity index (χ4n) is 2.53. The Labute approximate surface area is 135 Å². The van der Waals surface area contributed by atoms with Crippen LogP contribution in [0.3, 0.4) is 0 Å². The molecule has 2 rings (SSSR count). The third kappa shape index (κ3) is 4.11. The second kappa shape index (κ2) is 7.66. The van der Waals surface area contributed by atoms with Gasteiger partial charge in [-0.3, -0.25) is 0 Å². The number of rotatable bonds is 6. The number of likely N-dealkylation sites (N-methyl/N-ethyl adjacent to an activating group) is 1. The molecule has 1 atom stereocenters. The third-order valence-electron chi connectivity index (χ3n) is 3.57. The SMILES string of the molecule is CCNC(Cc1ccccc1Br)c1cc(C)nnc1CC. The first-order valence-electron chi connectivity index (χ1n) is 7.45. The molecule has 21 heavy (non-hydrogen) atoms. The van der Waals surface area contributed by atoms with E-state index >= 15 is 0 Å². The zero-order chi connectivity index (χ0) is 15.2. The van der Waals surface area contributed by atoms with Crippen LogP contribution in [0.1, 0.15) is 42.4 Å². The first-order chi connectivity index (χ1) is 10.2. The number of nitrogens with zero attached hydrogens (tertiary/aromatic N) is 2. The van der Waals surface area contributed by atoms with Crippen molar-refractivity contribution in [3.8, 4) is 0 Å². The first-order valence-corrected chi connectivity index (χ1v) is 8.24. The Hall–Kier alpha value is -1.26. The summed E-state index contributed by atoms with van der Waals surface area (Å²) in [5, 5.41) is 12.1. The molecule has 0 bridgehead atoms. The van der Waals surface area contributed by atoms with Crippen molar-refractivity contribution in [2.75, 3.05) is 6.54 Å². The molecule has 0 aliphatic rings. The number of nitrogens with one attached hydrogen (secondary N) is 1. The van der Waals surface area contributed by atoms with Crippen molar-refractivity contribution in [1.29, 1.82) is 0 Å². The van der Waals surface area contributed by atoms with Crippen LogP contribution in [0, 0.1) is 6.92 Å². The van der Waals surface area contributed by atoms with Gasteiger partial charge in [0.15, 0.2) is 0 Å². The van der Waals surface area contributed by atoms with E-state index in [0.29, 0.717) is 0 Å². The van der Waals surface area contributed by atoms with E-state index < -0.39 is 0 Å². The van der Waals surface area contributed by atoms with Gasteiger partial charge in [0.25, 0.3) is 0 Å².